The number of rotatable bonds is 5. The van der Waals surface area contributed by atoms with Crippen LogP contribution in [0, 0.1) is 5.92 Å². The third-order valence-electron chi connectivity index (χ3n) is 3.71. The van der Waals surface area contributed by atoms with Crippen LogP contribution >= 0.6 is 0 Å². The van der Waals surface area contributed by atoms with E-state index in [2.05, 4.69) is 29.0 Å². The lowest BCUT2D eigenvalue weighted by Gasteiger charge is -2.21. The van der Waals surface area contributed by atoms with Crippen molar-refractivity contribution >= 4 is 5.91 Å². The van der Waals surface area contributed by atoms with E-state index in [4.69, 9.17) is 4.98 Å². The van der Waals surface area contributed by atoms with Crippen LogP contribution in [0.2, 0.25) is 0 Å². The summed E-state index contributed by atoms with van der Waals surface area (Å²) in [5.74, 6) is 1.66. The molecule has 0 aliphatic carbocycles. The minimum absolute atomic E-state index is 0.0799. The van der Waals surface area contributed by atoms with E-state index in [-0.39, 0.29) is 11.9 Å². The van der Waals surface area contributed by atoms with Gasteiger partial charge >= 0.3 is 0 Å². The molecule has 5 heteroatoms. The Morgan fingerprint density at radius 2 is 2.20 bits per heavy atom. The molecule has 1 aliphatic rings. The highest BCUT2D eigenvalue weighted by molar-refractivity contribution is 5.80. The molecule has 1 unspecified atom stereocenters. The van der Waals surface area contributed by atoms with Gasteiger partial charge in [0.1, 0.15) is 11.9 Å². The number of amides is 1. The standard InChI is InChI=1S/C15H26N4O/c1-5-17-15(20)11(4)19-13-6-7-16-9-12(13)18-14(19)8-10(2)3/h10-11,16H,5-9H2,1-4H3,(H,17,20). The molecule has 0 saturated heterocycles. The normalized spacial score (nSPS) is 16.1. The summed E-state index contributed by atoms with van der Waals surface area (Å²) in [6.45, 7) is 10.7. The number of hydrogen-bond donors (Lipinski definition) is 2. The molecule has 0 fully saturated rings. The van der Waals surface area contributed by atoms with Gasteiger partial charge in [-0.1, -0.05) is 13.8 Å². The van der Waals surface area contributed by atoms with Crippen LogP contribution < -0.4 is 10.6 Å². The Balaban J connectivity index is 2.37. The van der Waals surface area contributed by atoms with Crippen molar-refractivity contribution in [1.29, 1.82) is 0 Å². The Bertz CT molecular complexity index is 478. The molecule has 0 bridgehead atoms. The SMILES string of the molecule is CCNC(=O)C(C)n1c(CC(C)C)nc2c1CCNC2. The topological polar surface area (TPSA) is 59.0 Å². The molecule has 0 aromatic carbocycles. The fourth-order valence-corrected chi connectivity index (χ4v) is 2.79. The summed E-state index contributed by atoms with van der Waals surface area (Å²) < 4.78 is 2.17. The lowest BCUT2D eigenvalue weighted by Crippen LogP contribution is -2.33. The van der Waals surface area contributed by atoms with Crippen molar-refractivity contribution in [3.05, 3.63) is 17.2 Å². The van der Waals surface area contributed by atoms with E-state index >= 15 is 0 Å². The maximum atomic E-state index is 12.2. The second-order valence-electron chi connectivity index (χ2n) is 5.89. The Morgan fingerprint density at radius 3 is 2.85 bits per heavy atom. The first-order valence-electron chi connectivity index (χ1n) is 7.61. The molecule has 1 amide bonds. The Kier molecular flexibility index (Phi) is 4.81. The van der Waals surface area contributed by atoms with Crippen LogP contribution in [-0.4, -0.2) is 28.5 Å². The summed E-state index contributed by atoms with van der Waals surface area (Å²) in [7, 11) is 0. The third-order valence-corrected chi connectivity index (χ3v) is 3.71. The fourth-order valence-electron chi connectivity index (χ4n) is 2.79. The molecule has 20 heavy (non-hydrogen) atoms. The first kappa shape index (κ1) is 15.0. The highest BCUT2D eigenvalue weighted by Gasteiger charge is 2.26. The van der Waals surface area contributed by atoms with Crippen molar-refractivity contribution in [3.63, 3.8) is 0 Å². The molecule has 0 spiro atoms. The molecule has 0 radical (unpaired) electrons. The van der Waals surface area contributed by atoms with Gasteiger partial charge in [0, 0.05) is 38.2 Å². The number of aromatic nitrogens is 2. The van der Waals surface area contributed by atoms with Crippen LogP contribution in [0.1, 0.15) is 50.9 Å². The maximum absolute atomic E-state index is 12.2. The smallest absolute Gasteiger partial charge is 0.242 e. The van der Waals surface area contributed by atoms with Crippen molar-refractivity contribution in [2.24, 2.45) is 5.92 Å². The minimum Gasteiger partial charge on any atom is -0.355 e. The molecule has 5 nitrogen and oxygen atoms in total. The predicted molar refractivity (Wildman–Crippen MR) is 79.6 cm³/mol. The van der Waals surface area contributed by atoms with E-state index in [1.807, 2.05) is 13.8 Å². The molecule has 1 aromatic heterocycles. The molecule has 2 N–H and O–H groups in total. The van der Waals surface area contributed by atoms with Crippen LogP contribution in [0.3, 0.4) is 0 Å². The van der Waals surface area contributed by atoms with E-state index in [0.717, 1.165) is 37.4 Å². The molecule has 2 heterocycles. The summed E-state index contributed by atoms with van der Waals surface area (Å²) in [5, 5.41) is 6.27. The van der Waals surface area contributed by atoms with Gasteiger partial charge in [0.25, 0.3) is 0 Å². The van der Waals surface area contributed by atoms with Crippen LogP contribution in [-0.2, 0) is 24.2 Å². The number of hydrogen-bond acceptors (Lipinski definition) is 3. The Hall–Kier alpha value is -1.36. The number of carbonyl (C=O) groups is 1. The second kappa shape index (κ2) is 6.39. The maximum Gasteiger partial charge on any atom is 0.242 e. The van der Waals surface area contributed by atoms with Gasteiger partial charge in [-0.3, -0.25) is 4.79 Å². The van der Waals surface area contributed by atoms with Gasteiger partial charge in [0.2, 0.25) is 5.91 Å². The van der Waals surface area contributed by atoms with Crippen molar-refractivity contribution < 1.29 is 4.79 Å². The average molecular weight is 278 g/mol. The van der Waals surface area contributed by atoms with Gasteiger partial charge in [-0.25, -0.2) is 4.98 Å². The van der Waals surface area contributed by atoms with Gasteiger partial charge in [0.05, 0.1) is 5.69 Å². The zero-order valence-corrected chi connectivity index (χ0v) is 13.0. The Labute approximate surface area is 121 Å². The van der Waals surface area contributed by atoms with E-state index in [1.54, 1.807) is 0 Å². The number of fused-ring (bicyclic) bond motifs is 1. The molecule has 112 valence electrons. The van der Waals surface area contributed by atoms with Gasteiger partial charge in [-0.05, 0) is 19.8 Å². The molecular formula is C15H26N4O. The summed E-state index contributed by atoms with van der Waals surface area (Å²) in [4.78, 5) is 17.0. The Morgan fingerprint density at radius 1 is 1.45 bits per heavy atom. The highest BCUT2D eigenvalue weighted by Crippen LogP contribution is 2.23. The summed E-state index contributed by atoms with van der Waals surface area (Å²) in [5.41, 5.74) is 2.35. The zero-order chi connectivity index (χ0) is 14.7. The quantitative estimate of drug-likeness (QED) is 0.856. The molecule has 0 saturated carbocycles. The summed E-state index contributed by atoms with van der Waals surface area (Å²) >= 11 is 0. The number of imidazole rings is 1. The summed E-state index contributed by atoms with van der Waals surface area (Å²) in [6.07, 6.45) is 1.86. The average Bonchev–Trinajstić information content (AvgIpc) is 2.75. The highest BCUT2D eigenvalue weighted by atomic mass is 16.2. The predicted octanol–water partition coefficient (Wildman–Crippen LogP) is 1.42. The van der Waals surface area contributed by atoms with Crippen LogP contribution in [0.5, 0.6) is 0 Å². The van der Waals surface area contributed by atoms with Crippen LogP contribution in [0.25, 0.3) is 0 Å². The lowest BCUT2D eigenvalue weighted by atomic mass is 10.1. The van der Waals surface area contributed by atoms with E-state index in [9.17, 15) is 4.79 Å². The number of likely N-dealkylation sites (N-methyl/N-ethyl adjacent to an activating group) is 1. The van der Waals surface area contributed by atoms with E-state index in [0.29, 0.717) is 12.5 Å². The lowest BCUT2D eigenvalue weighted by molar-refractivity contribution is -0.123. The number of carbonyl (C=O) groups excluding carboxylic acids is 1. The fraction of sp³-hybridized carbons (Fsp3) is 0.733. The van der Waals surface area contributed by atoms with Gasteiger partial charge in [0.15, 0.2) is 0 Å². The van der Waals surface area contributed by atoms with E-state index < -0.39 is 0 Å². The second-order valence-corrected chi connectivity index (χ2v) is 5.89. The van der Waals surface area contributed by atoms with Crippen molar-refractivity contribution in [2.45, 2.75) is 53.1 Å². The number of nitrogens with zero attached hydrogens (tertiary/aromatic N) is 2. The minimum atomic E-state index is -0.182. The first-order valence-corrected chi connectivity index (χ1v) is 7.61. The van der Waals surface area contributed by atoms with E-state index in [1.165, 1.54) is 5.69 Å². The third kappa shape index (κ3) is 3.03. The van der Waals surface area contributed by atoms with Crippen LogP contribution in [0.15, 0.2) is 0 Å². The summed E-state index contributed by atoms with van der Waals surface area (Å²) in [6, 6.07) is -0.182. The van der Waals surface area contributed by atoms with Crippen molar-refractivity contribution in [1.82, 2.24) is 20.2 Å². The van der Waals surface area contributed by atoms with Gasteiger partial charge in [-0.15, -0.1) is 0 Å². The molecule has 1 atom stereocenters. The largest absolute Gasteiger partial charge is 0.355 e. The molecule has 1 aliphatic heterocycles. The van der Waals surface area contributed by atoms with Gasteiger partial charge in [-0.2, -0.15) is 0 Å². The number of nitrogens with one attached hydrogen (secondary N) is 2. The van der Waals surface area contributed by atoms with Crippen molar-refractivity contribution in [2.75, 3.05) is 13.1 Å². The first-order chi connectivity index (χ1) is 9.54. The zero-order valence-electron chi connectivity index (χ0n) is 13.0. The van der Waals surface area contributed by atoms with Gasteiger partial charge < -0.3 is 15.2 Å². The van der Waals surface area contributed by atoms with Crippen molar-refractivity contribution in [3.8, 4) is 0 Å². The monoisotopic (exact) mass is 278 g/mol. The molecular weight excluding hydrogens is 252 g/mol. The van der Waals surface area contributed by atoms with Crippen LogP contribution in [0.4, 0.5) is 0 Å². The molecule has 2 rings (SSSR count). The molecule has 1 aromatic rings.